The largest absolute Gasteiger partial charge is 0.491 e. The van der Waals surface area contributed by atoms with Crippen LogP contribution in [0.1, 0.15) is 22.1 Å². The highest BCUT2D eigenvalue weighted by molar-refractivity contribution is 5.93. The standard InChI is InChI=1S/C24H23N5O4/c1-16-13-28(15-25-16)20-7-8-21-23(30)27(9-10-29(21)24(20)31)11-12-32-22-6-4-3-5-18(22)19-14-33-17(2)26-19/h3-8,13-15H,9-12H2,1-2H3. The lowest BCUT2D eigenvalue weighted by Gasteiger charge is -2.29. The number of hydrogen-bond acceptors (Lipinski definition) is 6. The summed E-state index contributed by atoms with van der Waals surface area (Å²) in [6.07, 6.45) is 4.99. The molecular formula is C24H23N5O4. The second-order valence-electron chi connectivity index (χ2n) is 7.87. The first-order valence-corrected chi connectivity index (χ1v) is 10.7. The van der Waals surface area contributed by atoms with Crippen molar-refractivity contribution in [1.82, 2.24) is 24.0 Å². The van der Waals surface area contributed by atoms with Gasteiger partial charge in [-0.2, -0.15) is 0 Å². The van der Waals surface area contributed by atoms with Crippen molar-refractivity contribution in [2.75, 3.05) is 19.7 Å². The summed E-state index contributed by atoms with van der Waals surface area (Å²) in [5, 5.41) is 0. The van der Waals surface area contributed by atoms with Crippen molar-refractivity contribution in [2.45, 2.75) is 20.4 Å². The molecule has 168 valence electrons. The van der Waals surface area contributed by atoms with Crippen molar-refractivity contribution in [3.8, 4) is 22.7 Å². The van der Waals surface area contributed by atoms with Crippen LogP contribution in [0.15, 0.2) is 64.4 Å². The van der Waals surface area contributed by atoms with Crippen LogP contribution in [0.2, 0.25) is 0 Å². The van der Waals surface area contributed by atoms with Crippen molar-refractivity contribution in [3.63, 3.8) is 0 Å². The van der Waals surface area contributed by atoms with Gasteiger partial charge in [-0.15, -0.1) is 0 Å². The number of oxazole rings is 1. The van der Waals surface area contributed by atoms with Gasteiger partial charge in [-0.25, -0.2) is 9.97 Å². The van der Waals surface area contributed by atoms with E-state index in [-0.39, 0.29) is 11.5 Å². The molecule has 4 heterocycles. The number of para-hydroxylation sites is 1. The molecule has 0 saturated heterocycles. The van der Waals surface area contributed by atoms with E-state index >= 15 is 0 Å². The average molecular weight is 445 g/mol. The lowest BCUT2D eigenvalue weighted by atomic mass is 10.1. The Morgan fingerprint density at radius 3 is 2.70 bits per heavy atom. The monoisotopic (exact) mass is 445 g/mol. The maximum Gasteiger partial charge on any atom is 0.275 e. The molecule has 0 radical (unpaired) electrons. The molecule has 0 saturated carbocycles. The van der Waals surface area contributed by atoms with Crippen LogP contribution in [0.3, 0.4) is 0 Å². The van der Waals surface area contributed by atoms with E-state index < -0.39 is 0 Å². The SMILES string of the molecule is Cc1cn(-c2ccc3n(c2=O)CCN(CCOc2ccccc2-c2coc(C)n2)C3=O)cn1. The summed E-state index contributed by atoms with van der Waals surface area (Å²) in [4.78, 5) is 36.2. The van der Waals surface area contributed by atoms with Crippen LogP contribution in [0.4, 0.5) is 0 Å². The molecule has 33 heavy (non-hydrogen) atoms. The first-order chi connectivity index (χ1) is 16.0. The molecule has 1 aliphatic rings. The third-order valence-corrected chi connectivity index (χ3v) is 5.64. The summed E-state index contributed by atoms with van der Waals surface area (Å²) in [6, 6.07) is 11.0. The van der Waals surface area contributed by atoms with Crippen LogP contribution in [0.5, 0.6) is 5.75 Å². The van der Waals surface area contributed by atoms with Gasteiger partial charge in [0, 0.05) is 31.8 Å². The lowest BCUT2D eigenvalue weighted by molar-refractivity contribution is 0.0673. The first kappa shape index (κ1) is 20.7. The number of imidazole rings is 1. The van der Waals surface area contributed by atoms with E-state index in [1.54, 1.807) is 47.3 Å². The number of rotatable bonds is 6. The van der Waals surface area contributed by atoms with Gasteiger partial charge < -0.3 is 23.2 Å². The fraction of sp³-hybridized carbons (Fsp3) is 0.250. The Morgan fingerprint density at radius 1 is 1.09 bits per heavy atom. The molecule has 3 aromatic heterocycles. The molecule has 0 atom stereocenters. The van der Waals surface area contributed by atoms with Gasteiger partial charge in [-0.1, -0.05) is 12.1 Å². The van der Waals surface area contributed by atoms with E-state index in [1.165, 1.54) is 4.57 Å². The van der Waals surface area contributed by atoms with Crippen LogP contribution < -0.4 is 10.3 Å². The third kappa shape index (κ3) is 3.93. The molecule has 0 aliphatic carbocycles. The number of aryl methyl sites for hydroxylation is 2. The second-order valence-corrected chi connectivity index (χ2v) is 7.87. The molecule has 9 heteroatoms. The predicted octanol–water partition coefficient (Wildman–Crippen LogP) is 2.84. The van der Waals surface area contributed by atoms with Crippen LogP contribution >= 0.6 is 0 Å². The van der Waals surface area contributed by atoms with Crippen LogP contribution in [0.25, 0.3) is 16.9 Å². The normalized spacial score (nSPS) is 13.3. The number of fused-ring (bicyclic) bond motifs is 1. The molecule has 0 unspecified atom stereocenters. The molecule has 1 aliphatic heterocycles. The Morgan fingerprint density at radius 2 is 1.94 bits per heavy atom. The smallest absolute Gasteiger partial charge is 0.275 e. The van der Waals surface area contributed by atoms with Gasteiger partial charge in [0.25, 0.3) is 11.5 Å². The van der Waals surface area contributed by atoms with E-state index in [0.29, 0.717) is 55.0 Å². The van der Waals surface area contributed by atoms with Gasteiger partial charge in [0.1, 0.15) is 35.7 Å². The van der Waals surface area contributed by atoms with Crippen molar-refractivity contribution in [1.29, 1.82) is 0 Å². The van der Waals surface area contributed by atoms with Crippen molar-refractivity contribution in [3.05, 3.63) is 82.8 Å². The van der Waals surface area contributed by atoms with E-state index in [4.69, 9.17) is 9.15 Å². The maximum atomic E-state index is 13.0. The minimum atomic E-state index is -0.203. The Labute approximate surface area is 189 Å². The molecule has 1 aromatic carbocycles. The predicted molar refractivity (Wildman–Crippen MR) is 121 cm³/mol. The fourth-order valence-electron chi connectivity index (χ4n) is 3.98. The summed E-state index contributed by atoms with van der Waals surface area (Å²) < 4.78 is 14.5. The second kappa shape index (κ2) is 8.42. The summed E-state index contributed by atoms with van der Waals surface area (Å²) in [5.41, 5.74) is 3.01. The van der Waals surface area contributed by atoms with Gasteiger partial charge in [-0.05, 0) is 31.2 Å². The number of hydrogen-bond donors (Lipinski definition) is 0. The molecule has 9 nitrogen and oxygen atoms in total. The number of benzene rings is 1. The van der Waals surface area contributed by atoms with Crippen molar-refractivity contribution in [2.24, 2.45) is 0 Å². The van der Waals surface area contributed by atoms with Crippen molar-refractivity contribution >= 4 is 5.91 Å². The van der Waals surface area contributed by atoms with Crippen molar-refractivity contribution < 1.29 is 13.9 Å². The number of carbonyl (C=O) groups excluding carboxylic acids is 1. The maximum absolute atomic E-state index is 13.0. The minimum absolute atomic E-state index is 0.185. The molecule has 0 fully saturated rings. The number of amides is 1. The van der Waals surface area contributed by atoms with Crippen LogP contribution in [-0.2, 0) is 6.54 Å². The topological polar surface area (TPSA) is 95.4 Å². The minimum Gasteiger partial charge on any atom is -0.491 e. The Balaban J connectivity index is 1.29. The number of nitrogens with zero attached hydrogens (tertiary/aromatic N) is 5. The van der Waals surface area contributed by atoms with Gasteiger partial charge in [-0.3, -0.25) is 9.59 Å². The Kier molecular flexibility index (Phi) is 5.29. The Bertz CT molecular complexity index is 1380. The summed E-state index contributed by atoms with van der Waals surface area (Å²) in [5.74, 6) is 1.07. The molecule has 0 spiro atoms. The fourth-order valence-corrected chi connectivity index (χ4v) is 3.98. The number of aromatic nitrogens is 4. The van der Waals surface area contributed by atoms with Gasteiger partial charge in [0.05, 0.1) is 18.6 Å². The van der Waals surface area contributed by atoms with E-state index in [0.717, 1.165) is 11.3 Å². The van der Waals surface area contributed by atoms with Gasteiger partial charge >= 0.3 is 0 Å². The van der Waals surface area contributed by atoms with Crippen LogP contribution in [-0.4, -0.2) is 49.6 Å². The molecular weight excluding hydrogens is 422 g/mol. The molecule has 1 amide bonds. The summed E-state index contributed by atoms with van der Waals surface area (Å²) >= 11 is 0. The molecule has 0 bridgehead atoms. The van der Waals surface area contributed by atoms with E-state index in [9.17, 15) is 9.59 Å². The quantitative estimate of drug-likeness (QED) is 0.453. The highest BCUT2D eigenvalue weighted by atomic mass is 16.5. The average Bonchev–Trinajstić information content (AvgIpc) is 3.44. The first-order valence-electron chi connectivity index (χ1n) is 10.7. The third-order valence-electron chi connectivity index (χ3n) is 5.64. The zero-order chi connectivity index (χ0) is 22.9. The Hall–Kier alpha value is -4.14. The van der Waals surface area contributed by atoms with E-state index in [2.05, 4.69) is 9.97 Å². The number of carbonyl (C=O) groups is 1. The zero-order valence-corrected chi connectivity index (χ0v) is 18.4. The zero-order valence-electron chi connectivity index (χ0n) is 18.4. The van der Waals surface area contributed by atoms with Gasteiger partial charge in [0.2, 0.25) is 0 Å². The molecule has 5 rings (SSSR count). The highest BCUT2D eigenvalue weighted by Gasteiger charge is 2.26. The van der Waals surface area contributed by atoms with Crippen LogP contribution in [0, 0.1) is 13.8 Å². The summed E-state index contributed by atoms with van der Waals surface area (Å²) in [7, 11) is 0. The number of ether oxygens (including phenoxy) is 1. The highest BCUT2D eigenvalue weighted by Crippen LogP contribution is 2.29. The molecule has 0 N–H and O–H groups in total. The molecule has 4 aromatic rings. The van der Waals surface area contributed by atoms with E-state index in [1.807, 2.05) is 31.2 Å². The van der Waals surface area contributed by atoms with Gasteiger partial charge in [0.15, 0.2) is 5.89 Å². The lowest BCUT2D eigenvalue weighted by Crippen LogP contribution is -2.46. The number of pyridine rings is 1. The summed E-state index contributed by atoms with van der Waals surface area (Å²) in [6.45, 7) is 5.23.